The molecule has 0 radical (unpaired) electrons. The Hall–Kier alpha value is -0.650. The van der Waals surface area contributed by atoms with Crippen LogP contribution in [0.15, 0.2) is 4.52 Å². The summed E-state index contributed by atoms with van der Waals surface area (Å²) in [6.45, 7) is 2.68. The molecule has 2 atom stereocenters. The van der Waals surface area contributed by atoms with E-state index in [2.05, 4.69) is 17.1 Å². The lowest BCUT2D eigenvalue weighted by molar-refractivity contribution is -0.0252. The molecule has 1 heterocycles. The Bertz CT molecular complexity index is 446. The Labute approximate surface area is 132 Å². The second-order valence-corrected chi connectivity index (χ2v) is 6.49. The molecule has 1 aromatic rings. The molecule has 120 valence electrons. The number of nitrogens with zero attached hydrogens (tertiary/aromatic N) is 2. The minimum atomic E-state index is -0.375. The molecule has 5 nitrogen and oxygen atoms in total. The Kier molecular flexibility index (Phi) is 5.63. The number of ether oxygens (including phenoxy) is 1. The van der Waals surface area contributed by atoms with E-state index in [4.69, 9.17) is 15.0 Å². The molecule has 2 unspecified atom stereocenters. The summed E-state index contributed by atoms with van der Waals surface area (Å²) in [5, 5.41) is 4.06. The minimum Gasteiger partial charge on any atom is -0.368 e. The van der Waals surface area contributed by atoms with Crippen molar-refractivity contribution in [2.24, 2.45) is 11.7 Å². The van der Waals surface area contributed by atoms with Crippen molar-refractivity contribution in [2.75, 3.05) is 0 Å². The quantitative estimate of drug-likeness (QED) is 0.922. The molecule has 6 heteroatoms. The first-order chi connectivity index (χ1) is 9.67. The topological polar surface area (TPSA) is 74.2 Å². The van der Waals surface area contributed by atoms with E-state index >= 15 is 0 Å². The molecule has 0 aromatic carbocycles. The molecule has 2 saturated carbocycles. The highest BCUT2D eigenvalue weighted by Gasteiger charge is 2.36. The van der Waals surface area contributed by atoms with Gasteiger partial charge >= 0.3 is 0 Å². The average molecular weight is 316 g/mol. The number of hydrogen-bond donors (Lipinski definition) is 1. The van der Waals surface area contributed by atoms with Crippen LogP contribution < -0.4 is 5.73 Å². The zero-order chi connectivity index (χ0) is 14.0. The summed E-state index contributed by atoms with van der Waals surface area (Å²) in [7, 11) is 0. The van der Waals surface area contributed by atoms with Crippen LogP contribution in [0.2, 0.25) is 0 Å². The lowest BCUT2D eigenvalue weighted by atomic mass is 9.88. The molecule has 0 aliphatic heterocycles. The summed E-state index contributed by atoms with van der Waals surface area (Å²) < 4.78 is 11.3. The molecule has 0 amide bonds. The zero-order valence-corrected chi connectivity index (χ0v) is 13.5. The maximum Gasteiger partial charge on any atom is 0.252 e. The third kappa shape index (κ3) is 3.76. The first-order valence-corrected chi connectivity index (χ1v) is 7.91. The van der Waals surface area contributed by atoms with Gasteiger partial charge in [-0.1, -0.05) is 37.8 Å². The molecular weight excluding hydrogens is 290 g/mol. The molecule has 0 saturated heterocycles. The van der Waals surface area contributed by atoms with Crippen LogP contribution in [0.25, 0.3) is 0 Å². The van der Waals surface area contributed by atoms with Crippen LogP contribution in [-0.2, 0) is 16.9 Å². The van der Waals surface area contributed by atoms with Gasteiger partial charge in [-0.15, -0.1) is 12.4 Å². The summed E-state index contributed by atoms with van der Waals surface area (Å²) in [6.07, 6.45) is 9.51. The smallest absolute Gasteiger partial charge is 0.252 e. The average Bonchev–Trinajstić information content (AvgIpc) is 3.08. The van der Waals surface area contributed by atoms with E-state index in [1.54, 1.807) is 0 Å². The molecule has 2 aliphatic rings. The molecule has 2 fully saturated rings. The second kappa shape index (κ2) is 7.07. The van der Waals surface area contributed by atoms with Crippen molar-refractivity contribution in [3.05, 3.63) is 11.7 Å². The normalized spacial score (nSPS) is 28.3. The maximum absolute atomic E-state index is 6.33. The molecule has 3 rings (SSSR count). The van der Waals surface area contributed by atoms with Crippen LogP contribution in [0.5, 0.6) is 0 Å². The van der Waals surface area contributed by atoms with Crippen molar-refractivity contribution < 1.29 is 9.26 Å². The zero-order valence-electron chi connectivity index (χ0n) is 12.7. The highest BCUT2D eigenvalue weighted by Crippen LogP contribution is 2.34. The highest BCUT2D eigenvalue weighted by molar-refractivity contribution is 5.85. The molecule has 21 heavy (non-hydrogen) atoms. The molecule has 0 bridgehead atoms. The Balaban J connectivity index is 0.00000161. The van der Waals surface area contributed by atoms with E-state index in [0.717, 1.165) is 32.1 Å². The van der Waals surface area contributed by atoms with Crippen LogP contribution in [0.1, 0.15) is 70.0 Å². The van der Waals surface area contributed by atoms with E-state index in [1.807, 2.05) is 0 Å². The molecular formula is C15H26ClN3O2. The van der Waals surface area contributed by atoms with Gasteiger partial charge in [-0.2, -0.15) is 4.98 Å². The van der Waals surface area contributed by atoms with Crippen LogP contribution in [-0.4, -0.2) is 16.2 Å². The van der Waals surface area contributed by atoms with Crippen molar-refractivity contribution in [3.63, 3.8) is 0 Å². The largest absolute Gasteiger partial charge is 0.368 e. The fourth-order valence-corrected chi connectivity index (χ4v) is 3.45. The molecule has 0 spiro atoms. The summed E-state index contributed by atoms with van der Waals surface area (Å²) in [5.41, 5.74) is 5.95. The minimum absolute atomic E-state index is 0. The monoisotopic (exact) mass is 315 g/mol. The van der Waals surface area contributed by atoms with Gasteiger partial charge in [-0.05, 0) is 31.6 Å². The van der Waals surface area contributed by atoms with Crippen LogP contribution in [0.4, 0.5) is 0 Å². The number of hydrogen-bond acceptors (Lipinski definition) is 5. The number of rotatable bonds is 4. The van der Waals surface area contributed by atoms with E-state index in [1.165, 1.54) is 19.3 Å². The predicted molar refractivity (Wildman–Crippen MR) is 82.1 cm³/mol. The van der Waals surface area contributed by atoms with E-state index < -0.39 is 0 Å². The Morgan fingerprint density at radius 3 is 2.67 bits per heavy atom. The number of nitrogens with two attached hydrogens (primary N) is 1. The predicted octanol–water partition coefficient (Wildman–Crippen LogP) is 3.31. The van der Waals surface area contributed by atoms with Crippen LogP contribution in [0, 0.1) is 5.92 Å². The summed E-state index contributed by atoms with van der Waals surface area (Å²) >= 11 is 0. The third-order valence-electron chi connectivity index (χ3n) is 4.86. The van der Waals surface area contributed by atoms with Gasteiger partial charge in [0.05, 0.1) is 11.6 Å². The SMILES string of the molecule is CC1CCCCC1OCc1nc(C2(N)CCCC2)no1.Cl. The van der Waals surface area contributed by atoms with Crippen molar-refractivity contribution in [3.8, 4) is 0 Å². The van der Waals surface area contributed by atoms with Crippen molar-refractivity contribution >= 4 is 12.4 Å². The molecule has 1 aromatic heterocycles. The van der Waals surface area contributed by atoms with E-state index in [-0.39, 0.29) is 17.9 Å². The van der Waals surface area contributed by atoms with Crippen LogP contribution in [0.3, 0.4) is 0 Å². The third-order valence-corrected chi connectivity index (χ3v) is 4.86. The van der Waals surface area contributed by atoms with Crippen molar-refractivity contribution in [1.82, 2.24) is 10.1 Å². The summed E-state index contributed by atoms with van der Waals surface area (Å²) in [4.78, 5) is 4.45. The van der Waals surface area contributed by atoms with Gasteiger partial charge in [0.2, 0.25) is 0 Å². The first kappa shape index (κ1) is 16.7. The standard InChI is InChI=1S/C15H25N3O2.ClH/c1-11-6-2-3-7-12(11)19-10-13-17-14(18-20-13)15(16)8-4-5-9-15;/h11-12H,2-10,16H2,1H3;1H. The van der Waals surface area contributed by atoms with Gasteiger partial charge in [-0.25, -0.2) is 0 Å². The van der Waals surface area contributed by atoms with Gasteiger partial charge in [0.25, 0.3) is 5.89 Å². The number of aromatic nitrogens is 2. The van der Waals surface area contributed by atoms with Crippen molar-refractivity contribution in [2.45, 2.75) is 76.5 Å². The molecule has 2 N–H and O–H groups in total. The van der Waals surface area contributed by atoms with Gasteiger partial charge in [0.15, 0.2) is 5.82 Å². The van der Waals surface area contributed by atoms with Gasteiger partial charge < -0.3 is 15.0 Å². The van der Waals surface area contributed by atoms with E-state index in [9.17, 15) is 0 Å². The van der Waals surface area contributed by atoms with E-state index in [0.29, 0.717) is 30.3 Å². The fourth-order valence-electron chi connectivity index (χ4n) is 3.45. The molecule has 2 aliphatic carbocycles. The van der Waals surface area contributed by atoms with Gasteiger partial charge in [-0.3, -0.25) is 0 Å². The Morgan fingerprint density at radius 2 is 1.95 bits per heavy atom. The van der Waals surface area contributed by atoms with Gasteiger partial charge in [0, 0.05) is 0 Å². The Morgan fingerprint density at radius 1 is 1.24 bits per heavy atom. The second-order valence-electron chi connectivity index (χ2n) is 6.49. The lowest BCUT2D eigenvalue weighted by Crippen LogP contribution is -2.34. The van der Waals surface area contributed by atoms with Gasteiger partial charge in [0.1, 0.15) is 6.61 Å². The summed E-state index contributed by atoms with van der Waals surface area (Å²) in [5.74, 6) is 1.85. The fraction of sp³-hybridized carbons (Fsp3) is 0.867. The summed E-state index contributed by atoms with van der Waals surface area (Å²) in [6, 6.07) is 0. The first-order valence-electron chi connectivity index (χ1n) is 7.91. The maximum atomic E-state index is 6.33. The number of halogens is 1. The lowest BCUT2D eigenvalue weighted by Gasteiger charge is -2.28. The highest BCUT2D eigenvalue weighted by atomic mass is 35.5. The van der Waals surface area contributed by atoms with Crippen LogP contribution >= 0.6 is 12.4 Å². The van der Waals surface area contributed by atoms with Crippen molar-refractivity contribution in [1.29, 1.82) is 0 Å².